The Labute approximate surface area is 149 Å². The maximum absolute atomic E-state index is 5.85. The Bertz CT molecular complexity index is 385. The third-order valence-corrected chi connectivity index (χ3v) is 6.54. The van der Waals surface area contributed by atoms with E-state index < -0.39 is 0 Å². The zero-order valence-corrected chi connectivity index (χ0v) is 16.4. The van der Waals surface area contributed by atoms with Crippen LogP contribution in [0.25, 0.3) is 0 Å². The molecule has 4 nitrogen and oxygen atoms in total. The minimum absolute atomic E-state index is 0. The fourth-order valence-electron chi connectivity index (χ4n) is 3.98. The number of hydrogen-bond acceptors (Lipinski definition) is 3. The summed E-state index contributed by atoms with van der Waals surface area (Å²) in [5.74, 6) is 2.93. The number of nitrogens with one attached hydrogen (secondary N) is 2. The molecule has 0 aromatic heterocycles. The molecular weight excluding hydrogens is 397 g/mol. The van der Waals surface area contributed by atoms with Gasteiger partial charge in [0.05, 0.1) is 6.10 Å². The van der Waals surface area contributed by atoms with Crippen molar-refractivity contribution in [2.75, 3.05) is 26.0 Å². The van der Waals surface area contributed by atoms with Crippen LogP contribution in [0.2, 0.25) is 0 Å². The van der Waals surface area contributed by atoms with Crippen LogP contribution in [0, 0.1) is 11.3 Å². The van der Waals surface area contributed by atoms with Gasteiger partial charge in [0, 0.05) is 42.8 Å². The van der Waals surface area contributed by atoms with Gasteiger partial charge in [-0.15, -0.1) is 24.0 Å². The van der Waals surface area contributed by atoms with Gasteiger partial charge in [0.25, 0.3) is 0 Å². The van der Waals surface area contributed by atoms with Gasteiger partial charge in [0.15, 0.2) is 5.96 Å². The van der Waals surface area contributed by atoms with E-state index in [4.69, 9.17) is 4.74 Å². The van der Waals surface area contributed by atoms with Gasteiger partial charge in [0.2, 0.25) is 0 Å². The number of ether oxygens (including phenoxy) is 1. The Hall–Kier alpha value is 0.310. The van der Waals surface area contributed by atoms with Crippen molar-refractivity contribution >= 4 is 41.7 Å². The van der Waals surface area contributed by atoms with Crippen LogP contribution in [0.5, 0.6) is 0 Å². The molecule has 0 spiro atoms. The Morgan fingerprint density at radius 1 is 1.38 bits per heavy atom. The third kappa shape index (κ3) is 3.47. The van der Waals surface area contributed by atoms with Crippen LogP contribution >= 0.6 is 35.7 Å². The lowest BCUT2D eigenvalue weighted by Crippen LogP contribution is -2.68. The molecule has 0 aromatic carbocycles. The molecule has 3 fully saturated rings. The van der Waals surface area contributed by atoms with Gasteiger partial charge in [-0.25, -0.2) is 0 Å². The molecule has 3 aliphatic rings. The smallest absolute Gasteiger partial charge is 0.191 e. The topological polar surface area (TPSA) is 45.7 Å². The second-order valence-corrected chi connectivity index (χ2v) is 8.18. The molecule has 122 valence electrons. The molecule has 2 N–H and O–H groups in total. The van der Waals surface area contributed by atoms with Crippen LogP contribution in [0.4, 0.5) is 0 Å². The van der Waals surface area contributed by atoms with E-state index in [2.05, 4.69) is 41.2 Å². The van der Waals surface area contributed by atoms with Crippen LogP contribution in [0.15, 0.2) is 4.99 Å². The maximum Gasteiger partial charge on any atom is 0.191 e. The summed E-state index contributed by atoms with van der Waals surface area (Å²) >= 11 is 2.08. The van der Waals surface area contributed by atoms with Crippen molar-refractivity contribution in [3.05, 3.63) is 0 Å². The first-order valence-corrected chi connectivity index (χ1v) is 8.88. The lowest BCUT2D eigenvalue weighted by atomic mass is 9.57. The molecule has 0 bridgehead atoms. The highest BCUT2D eigenvalue weighted by Crippen LogP contribution is 2.52. The molecule has 2 aliphatic heterocycles. The van der Waals surface area contributed by atoms with Crippen molar-refractivity contribution in [1.29, 1.82) is 0 Å². The van der Waals surface area contributed by atoms with Crippen molar-refractivity contribution in [3.63, 3.8) is 0 Å². The lowest BCUT2D eigenvalue weighted by molar-refractivity contribution is -0.106. The number of nitrogens with zero attached hydrogens (tertiary/aromatic N) is 1. The summed E-state index contributed by atoms with van der Waals surface area (Å²) in [4.78, 5) is 4.39. The number of fused-ring (bicyclic) bond motifs is 1. The highest BCUT2D eigenvalue weighted by molar-refractivity contribution is 14.0. The number of halogens is 1. The van der Waals surface area contributed by atoms with Crippen LogP contribution in [-0.4, -0.2) is 49.3 Å². The fourth-order valence-corrected chi connectivity index (χ4v) is 5.18. The Kier molecular flexibility index (Phi) is 6.10. The Morgan fingerprint density at radius 2 is 2.19 bits per heavy atom. The van der Waals surface area contributed by atoms with E-state index in [-0.39, 0.29) is 29.4 Å². The van der Waals surface area contributed by atoms with Gasteiger partial charge < -0.3 is 15.4 Å². The first-order valence-electron chi connectivity index (χ1n) is 7.83. The Morgan fingerprint density at radius 3 is 2.86 bits per heavy atom. The largest absolute Gasteiger partial charge is 0.377 e. The molecule has 2 saturated heterocycles. The van der Waals surface area contributed by atoms with E-state index in [0.29, 0.717) is 18.1 Å². The van der Waals surface area contributed by atoms with Gasteiger partial charge >= 0.3 is 0 Å². The minimum Gasteiger partial charge on any atom is -0.377 e. The van der Waals surface area contributed by atoms with Crippen LogP contribution in [0.3, 0.4) is 0 Å². The summed E-state index contributed by atoms with van der Waals surface area (Å²) in [6.07, 6.45) is 4.31. The van der Waals surface area contributed by atoms with E-state index in [1.165, 1.54) is 25.0 Å². The number of aliphatic imine (C=N–C) groups is 1. The SMILES string of the molecule is CN=C(NCC1CCCS1)NC1C2CCOC2C1(C)C.I. The van der Waals surface area contributed by atoms with Gasteiger partial charge in [-0.1, -0.05) is 13.8 Å². The second kappa shape index (κ2) is 7.25. The van der Waals surface area contributed by atoms with E-state index in [1.54, 1.807) is 0 Å². The highest BCUT2D eigenvalue weighted by atomic mass is 127. The molecule has 2 heterocycles. The fraction of sp³-hybridized carbons (Fsp3) is 0.933. The Balaban J connectivity index is 0.00000161. The van der Waals surface area contributed by atoms with Crippen molar-refractivity contribution in [3.8, 4) is 0 Å². The zero-order chi connectivity index (χ0) is 14.2. The summed E-state index contributed by atoms with van der Waals surface area (Å²) in [7, 11) is 1.87. The maximum atomic E-state index is 5.85. The van der Waals surface area contributed by atoms with Crippen molar-refractivity contribution in [2.45, 2.75) is 50.5 Å². The average Bonchev–Trinajstić information content (AvgIpc) is 3.08. The second-order valence-electron chi connectivity index (χ2n) is 6.78. The number of thioether (sulfide) groups is 1. The first kappa shape index (κ1) is 17.7. The molecule has 0 amide bonds. The predicted molar refractivity (Wildman–Crippen MR) is 101 cm³/mol. The molecule has 3 rings (SSSR count). The monoisotopic (exact) mass is 425 g/mol. The molecule has 4 unspecified atom stereocenters. The van der Waals surface area contributed by atoms with E-state index in [9.17, 15) is 0 Å². The van der Waals surface area contributed by atoms with Gasteiger partial charge in [-0.05, 0) is 25.0 Å². The number of hydrogen-bond donors (Lipinski definition) is 2. The summed E-state index contributed by atoms with van der Waals surface area (Å²) in [6, 6.07) is 0.484. The van der Waals surface area contributed by atoms with Crippen molar-refractivity contribution in [1.82, 2.24) is 10.6 Å². The summed E-state index contributed by atoms with van der Waals surface area (Å²) in [5, 5.41) is 7.90. The van der Waals surface area contributed by atoms with E-state index >= 15 is 0 Å². The zero-order valence-electron chi connectivity index (χ0n) is 13.2. The van der Waals surface area contributed by atoms with Crippen LogP contribution in [0.1, 0.15) is 33.1 Å². The van der Waals surface area contributed by atoms with Crippen LogP contribution in [-0.2, 0) is 4.74 Å². The van der Waals surface area contributed by atoms with Crippen LogP contribution < -0.4 is 10.6 Å². The van der Waals surface area contributed by atoms with E-state index in [0.717, 1.165) is 24.4 Å². The quantitative estimate of drug-likeness (QED) is 0.415. The summed E-state index contributed by atoms with van der Waals surface area (Å²) < 4.78 is 5.85. The molecule has 1 aliphatic carbocycles. The standard InChI is InChI=1S/C15H27N3OS.HI/c1-15(2)12(11-6-7-19-13(11)15)18-14(16-3)17-9-10-5-4-8-20-10;/h10-13H,4-9H2,1-3H3,(H2,16,17,18);1H. The van der Waals surface area contributed by atoms with E-state index in [1.807, 2.05) is 7.05 Å². The first-order chi connectivity index (χ1) is 9.63. The van der Waals surface area contributed by atoms with Gasteiger partial charge in [0.1, 0.15) is 0 Å². The molecule has 21 heavy (non-hydrogen) atoms. The molecule has 0 radical (unpaired) electrons. The number of guanidine groups is 1. The molecule has 1 saturated carbocycles. The van der Waals surface area contributed by atoms with Gasteiger partial charge in [-0.2, -0.15) is 11.8 Å². The lowest BCUT2D eigenvalue weighted by Gasteiger charge is -2.54. The minimum atomic E-state index is 0. The summed E-state index contributed by atoms with van der Waals surface area (Å²) in [5.41, 5.74) is 0.209. The average molecular weight is 425 g/mol. The molecular formula is C15H28IN3OS. The van der Waals surface area contributed by atoms with Gasteiger partial charge in [-0.3, -0.25) is 4.99 Å². The molecule has 0 aromatic rings. The normalized spacial score (nSPS) is 37.4. The number of rotatable bonds is 3. The third-order valence-electron chi connectivity index (χ3n) is 5.14. The molecule has 6 heteroatoms. The van der Waals surface area contributed by atoms with Crippen molar-refractivity contribution in [2.24, 2.45) is 16.3 Å². The highest BCUT2D eigenvalue weighted by Gasteiger charge is 2.59. The molecule has 4 atom stereocenters. The predicted octanol–water partition coefficient (Wildman–Crippen LogP) is 2.48. The summed E-state index contributed by atoms with van der Waals surface area (Å²) in [6.45, 7) is 6.55. The van der Waals surface area contributed by atoms with Crippen molar-refractivity contribution < 1.29 is 4.74 Å².